The minimum atomic E-state index is -3.75. The van der Waals surface area contributed by atoms with Crippen molar-refractivity contribution in [2.24, 2.45) is 11.7 Å². The second-order valence-corrected chi connectivity index (χ2v) is 8.05. The van der Waals surface area contributed by atoms with Gasteiger partial charge in [-0.2, -0.15) is 0 Å². The number of benzene rings is 2. The highest BCUT2D eigenvalue weighted by atomic mass is 32.2. The molecule has 2 atom stereocenters. The molecule has 26 heavy (non-hydrogen) atoms. The van der Waals surface area contributed by atoms with Crippen molar-refractivity contribution in [1.29, 1.82) is 0 Å². The number of hydrogen-bond acceptors (Lipinski definition) is 4. The number of nitrogens with two attached hydrogens (primary N) is 1. The summed E-state index contributed by atoms with van der Waals surface area (Å²) in [6.07, 6.45) is 0. The van der Waals surface area contributed by atoms with E-state index in [1.807, 2.05) is 37.3 Å². The Morgan fingerprint density at radius 1 is 1.08 bits per heavy atom. The third-order valence-electron chi connectivity index (χ3n) is 4.05. The second kappa shape index (κ2) is 8.93. The fourth-order valence-electron chi connectivity index (χ4n) is 2.37. The number of rotatable bonds is 8. The van der Waals surface area contributed by atoms with Crippen molar-refractivity contribution in [2.45, 2.75) is 24.8 Å². The summed E-state index contributed by atoms with van der Waals surface area (Å²) in [5, 5.41) is 2.76. The van der Waals surface area contributed by atoms with Gasteiger partial charge in [0.15, 0.2) is 0 Å². The van der Waals surface area contributed by atoms with Crippen LogP contribution in [0, 0.1) is 5.92 Å². The molecule has 0 spiro atoms. The van der Waals surface area contributed by atoms with E-state index in [-0.39, 0.29) is 22.8 Å². The van der Waals surface area contributed by atoms with E-state index in [1.54, 1.807) is 19.1 Å². The third-order valence-corrected chi connectivity index (χ3v) is 5.59. The lowest BCUT2D eigenvalue weighted by molar-refractivity contribution is 0.0948. The van der Waals surface area contributed by atoms with Gasteiger partial charge in [-0.05, 0) is 43.1 Å². The molecule has 7 heteroatoms. The summed E-state index contributed by atoms with van der Waals surface area (Å²) in [5.41, 5.74) is 6.69. The molecule has 140 valence electrons. The Labute approximate surface area is 154 Å². The molecule has 2 unspecified atom stereocenters. The van der Waals surface area contributed by atoms with Crippen LogP contribution in [-0.2, 0) is 10.0 Å². The molecule has 6 nitrogen and oxygen atoms in total. The highest BCUT2D eigenvalue weighted by molar-refractivity contribution is 7.89. The molecule has 0 fully saturated rings. The molecule has 2 aromatic rings. The second-order valence-electron chi connectivity index (χ2n) is 6.33. The monoisotopic (exact) mass is 375 g/mol. The minimum Gasteiger partial charge on any atom is -0.352 e. The molecular weight excluding hydrogens is 350 g/mol. The lowest BCUT2D eigenvalue weighted by Crippen LogP contribution is -2.31. The number of hydrogen-bond donors (Lipinski definition) is 3. The number of carbonyl (C=O) groups is 1. The predicted molar refractivity (Wildman–Crippen MR) is 102 cm³/mol. The van der Waals surface area contributed by atoms with E-state index in [1.165, 1.54) is 12.1 Å². The van der Waals surface area contributed by atoms with Gasteiger partial charge in [-0.25, -0.2) is 13.1 Å². The number of amides is 1. The van der Waals surface area contributed by atoms with Gasteiger partial charge in [-0.3, -0.25) is 4.79 Å². The highest BCUT2D eigenvalue weighted by Gasteiger charge is 2.19. The number of sulfonamides is 1. The van der Waals surface area contributed by atoms with Gasteiger partial charge in [-0.15, -0.1) is 0 Å². The van der Waals surface area contributed by atoms with Crippen LogP contribution in [0.15, 0.2) is 59.5 Å². The quantitative estimate of drug-likeness (QED) is 0.657. The summed E-state index contributed by atoms with van der Waals surface area (Å²) in [4.78, 5) is 12.3. The normalized spacial score (nSPS) is 13.8. The molecule has 0 aliphatic carbocycles. The van der Waals surface area contributed by atoms with E-state index < -0.39 is 10.0 Å². The molecule has 0 aromatic heterocycles. The van der Waals surface area contributed by atoms with Crippen molar-refractivity contribution in [3.63, 3.8) is 0 Å². The zero-order valence-corrected chi connectivity index (χ0v) is 15.8. The first-order chi connectivity index (χ1) is 12.3. The molecule has 0 saturated heterocycles. The summed E-state index contributed by atoms with van der Waals surface area (Å²) >= 11 is 0. The Morgan fingerprint density at radius 3 is 2.42 bits per heavy atom. The van der Waals surface area contributed by atoms with Gasteiger partial charge >= 0.3 is 0 Å². The maximum absolute atomic E-state index is 12.6. The van der Waals surface area contributed by atoms with Crippen molar-refractivity contribution in [3.8, 4) is 0 Å². The Kier molecular flexibility index (Phi) is 6.90. The summed E-state index contributed by atoms with van der Waals surface area (Å²) in [6.45, 7) is 4.61. The van der Waals surface area contributed by atoms with Gasteiger partial charge in [-0.1, -0.05) is 43.3 Å². The first-order valence-electron chi connectivity index (χ1n) is 8.49. The van der Waals surface area contributed by atoms with Gasteiger partial charge in [0.2, 0.25) is 10.0 Å². The number of carbonyl (C=O) groups excluding carboxylic acids is 1. The average Bonchev–Trinajstić information content (AvgIpc) is 2.66. The van der Waals surface area contributed by atoms with Crippen LogP contribution in [0.5, 0.6) is 0 Å². The molecule has 0 aliphatic heterocycles. The molecule has 1 amide bonds. The standard InChI is InChI=1S/C19H25N3O3S/c1-14(12-20)13-21-19(23)17-9-6-10-18(11-17)26(24,25)22-15(2)16-7-4-3-5-8-16/h3-11,14-15,22H,12-13,20H2,1-2H3,(H,21,23). The first kappa shape index (κ1) is 20.1. The zero-order valence-electron chi connectivity index (χ0n) is 15.0. The maximum atomic E-state index is 12.6. The molecule has 2 aromatic carbocycles. The van der Waals surface area contributed by atoms with Crippen LogP contribution >= 0.6 is 0 Å². The van der Waals surface area contributed by atoms with Gasteiger partial charge in [0.1, 0.15) is 0 Å². The van der Waals surface area contributed by atoms with E-state index in [0.717, 1.165) is 5.56 Å². The van der Waals surface area contributed by atoms with Crippen molar-refractivity contribution in [1.82, 2.24) is 10.0 Å². The molecule has 2 rings (SSSR count). The maximum Gasteiger partial charge on any atom is 0.251 e. The summed E-state index contributed by atoms with van der Waals surface area (Å²) in [6, 6.07) is 14.9. The van der Waals surface area contributed by atoms with Crippen LogP contribution in [0.25, 0.3) is 0 Å². The molecule has 4 N–H and O–H groups in total. The highest BCUT2D eigenvalue weighted by Crippen LogP contribution is 2.17. The summed E-state index contributed by atoms with van der Waals surface area (Å²) < 4.78 is 27.9. The lowest BCUT2D eigenvalue weighted by atomic mass is 10.1. The number of nitrogens with one attached hydrogen (secondary N) is 2. The average molecular weight is 375 g/mol. The van der Waals surface area contributed by atoms with E-state index in [2.05, 4.69) is 10.0 Å². The van der Waals surface area contributed by atoms with Crippen LogP contribution in [0.2, 0.25) is 0 Å². The topological polar surface area (TPSA) is 101 Å². The van der Waals surface area contributed by atoms with Crippen molar-refractivity contribution < 1.29 is 13.2 Å². The molecule has 0 saturated carbocycles. The summed E-state index contributed by atoms with van der Waals surface area (Å²) in [5.74, 6) is -0.169. The Hall–Kier alpha value is -2.22. The van der Waals surface area contributed by atoms with Crippen molar-refractivity contribution >= 4 is 15.9 Å². The Bertz CT molecular complexity index is 838. The van der Waals surface area contributed by atoms with Gasteiger partial charge in [0, 0.05) is 18.2 Å². The molecule has 0 radical (unpaired) electrons. The molecule has 0 bridgehead atoms. The zero-order chi connectivity index (χ0) is 19.2. The van der Waals surface area contributed by atoms with Gasteiger partial charge < -0.3 is 11.1 Å². The van der Waals surface area contributed by atoms with E-state index in [9.17, 15) is 13.2 Å². The minimum absolute atomic E-state index is 0.0554. The van der Waals surface area contributed by atoms with Crippen LogP contribution in [0.1, 0.15) is 35.8 Å². The van der Waals surface area contributed by atoms with Crippen molar-refractivity contribution in [3.05, 3.63) is 65.7 Å². The fraction of sp³-hybridized carbons (Fsp3) is 0.316. The van der Waals surface area contributed by atoms with Crippen molar-refractivity contribution in [2.75, 3.05) is 13.1 Å². The van der Waals surface area contributed by atoms with Crippen LogP contribution < -0.4 is 15.8 Å². The molecular formula is C19H25N3O3S. The van der Waals surface area contributed by atoms with Crippen LogP contribution in [-0.4, -0.2) is 27.4 Å². The largest absolute Gasteiger partial charge is 0.352 e. The predicted octanol–water partition coefficient (Wildman–Crippen LogP) is 2.05. The summed E-state index contributed by atoms with van der Waals surface area (Å²) in [7, 11) is -3.75. The lowest BCUT2D eigenvalue weighted by Gasteiger charge is -2.15. The van der Waals surface area contributed by atoms with Crippen LogP contribution in [0.3, 0.4) is 0 Å². The molecule has 0 heterocycles. The van der Waals surface area contributed by atoms with Gasteiger partial charge in [0.05, 0.1) is 4.90 Å². The van der Waals surface area contributed by atoms with E-state index in [0.29, 0.717) is 18.7 Å². The molecule has 0 aliphatic rings. The fourth-order valence-corrected chi connectivity index (χ4v) is 3.64. The Balaban J connectivity index is 2.13. The first-order valence-corrected chi connectivity index (χ1v) is 9.97. The smallest absolute Gasteiger partial charge is 0.251 e. The third kappa shape index (κ3) is 5.39. The van der Waals surface area contributed by atoms with Crippen LogP contribution in [0.4, 0.5) is 0 Å². The Morgan fingerprint density at radius 2 is 1.77 bits per heavy atom. The van der Waals surface area contributed by atoms with E-state index in [4.69, 9.17) is 5.73 Å². The SMILES string of the molecule is CC(CN)CNC(=O)c1cccc(S(=O)(=O)NC(C)c2ccccc2)c1. The van der Waals surface area contributed by atoms with E-state index >= 15 is 0 Å². The van der Waals surface area contributed by atoms with Gasteiger partial charge in [0.25, 0.3) is 5.91 Å².